The van der Waals surface area contributed by atoms with Crippen LogP contribution in [0.25, 0.3) is 0 Å². The van der Waals surface area contributed by atoms with Crippen LogP contribution in [-0.4, -0.2) is 5.84 Å². The first-order valence-electron chi connectivity index (χ1n) is 5.68. The van der Waals surface area contributed by atoms with Crippen molar-refractivity contribution in [1.29, 1.82) is 0 Å². The molecule has 3 heteroatoms. The molecule has 82 valence electrons. The molecule has 2 rings (SSSR count). The summed E-state index contributed by atoms with van der Waals surface area (Å²) in [5, 5.41) is 2.08. The van der Waals surface area contributed by atoms with Gasteiger partial charge >= 0.3 is 0 Å². The Balaban J connectivity index is 1.88. The Morgan fingerprint density at radius 2 is 2.20 bits per heavy atom. The third-order valence-electron chi connectivity index (χ3n) is 3.02. The quantitative estimate of drug-likeness (QED) is 0.619. The lowest BCUT2D eigenvalue weighted by Crippen LogP contribution is -2.25. The smallest absolute Gasteiger partial charge is 0.0972 e. The van der Waals surface area contributed by atoms with Gasteiger partial charge in [0.2, 0.25) is 0 Å². The van der Waals surface area contributed by atoms with Gasteiger partial charge in [-0.2, -0.15) is 0 Å². The van der Waals surface area contributed by atoms with Gasteiger partial charge < -0.3 is 5.73 Å². The van der Waals surface area contributed by atoms with Crippen LogP contribution in [0.1, 0.15) is 37.0 Å². The van der Waals surface area contributed by atoms with Crippen molar-refractivity contribution in [3.05, 3.63) is 22.4 Å². The van der Waals surface area contributed by atoms with Crippen LogP contribution in [0, 0.1) is 5.92 Å². The maximum absolute atomic E-state index is 6.02. The molecule has 0 aliphatic heterocycles. The van der Waals surface area contributed by atoms with Crippen LogP contribution in [0.3, 0.4) is 0 Å². The van der Waals surface area contributed by atoms with E-state index in [0.717, 1.165) is 12.4 Å². The van der Waals surface area contributed by atoms with Crippen molar-refractivity contribution < 1.29 is 0 Å². The highest BCUT2D eigenvalue weighted by Crippen LogP contribution is 2.23. The van der Waals surface area contributed by atoms with Crippen molar-refractivity contribution in [1.82, 2.24) is 0 Å². The van der Waals surface area contributed by atoms with Gasteiger partial charge in [0.15, 0.2) is 0 Å². The molecule has 0 unspecified atom stereocenters. The third-order valence-corrected chi connectivity index (χ3v) is 3.88. The second kappa shape index (κ2) is 5.31. The SMILES string of the molecule is NC(=NCc1cccs1)C1CCCCC1. The maximum atomic E-state index is 6.02. The molecule has 2 nitrogen and oxygen atoms in total. The summed E-state index contributed by atoms with van der Waals surface area (Å²) in [7, 11) is 0. The number of hydrogen-bond donors (Lipinski definition) is 1. The molecule has 1 fully saturated rings. The maximum Gasteiger partial charge on any atom is 0.0972 e. The molecule has 1 aromatic rings. The van der Waals surface area contributed by atoms with Crippen LogP contribution < -0.4 is 5.73 Å². The summed E-state index contributed by atoms with van der Waals surface area (Å²) in [6.07, 6.45) is 6.48. The molecule has 0 atom stereocenters. The van der Waals surface area contributed by atoms with E-state index >= 15 is 0 Å². The van der Waals surface area contributed by atoms with Crippen molar-refractivity contribution in [2.45, 2.75) is 38.6 Å². The molecule has 0 spiro atoms. The van der Waals surface area contributed by atoms with Crippen LogP contribution in [0.15, 0.2) is 22.5 Å². The highest BCUT2D eigenvalue weighted by molar-refractivity contribution is 7.09. The number of nitrogens with two attached hydrogens (primary N) is 1. The second-order valence-electron chi connectivity index (χ2n) is 4.16. The van der Waals surface area contributed by atoms with E-state index in [-0.39, 0.29) is 0 Å². The van der Waals surface area contributed by atoms with Crippen molar-refractivity contribution in [2.24, 2.45) is 16.6 Å². The molecular weight excluding hydrogens is 204 g/mol. The van der Waals surface area contributed by atoms with Crippen molar-refractivity contribution in [2.75, 3.05) is 0 Å². The Labute approximate surface area is 95.2 Å². The predicted molar refractivity (Wildman–Crippen MR) is 66.2 cm³/mol. The molecule has 1 aromatic heterocycles. The van der Waals surface area contributed by atoms with Crippen LogP contribution in [0.5, 0.6) is 0 Å². The summed E-state index contributed by atoms with van der Waals surface area (Å²) < 4.78 is 0. The van der Waals surface area contributed by atoms with E-state index in [4.69, 9.17) is 5.73 Å². The third kappa shape index (κ3) is 3.06. The minimum absolute atomic E-state index is 0.554. The van der Waals surface area contributed by atoms with E-state index in [1.54, 1.807) is 11.3 Å². The molecule has 1 aliphatic carbocycles. The zero-order valence-electron chi connectivity index (χ0n) is 8.98. The normalized spacial score (nSPS) is 19.3. The second-order valence-corrected chi connectivity index (χ2v) is 5.19. The number of amidine groups is 1. The monoisotopic (exact) mass is 222 g/mol. The topological polar surface area (TPSA) is 38.4 Å². The van der Waals surface area contributed by atoms with Crippen LogP contribution in [0.2, 0.25) is 0 Å². The standard InChI is InChI=1S/C12H18N2S/c13-12(10-5-2-1-3-6-10)14-9-11-7-4-8-15-11/h4,7-8,10H,1-3,5-6,9H2,(H2,13,14). The van der Waals surface area contributed by atoms with Crippen molar-refractivity contribution >= 4 is 17.2 Å². The van der Waals surface area contributed by atoms with Gasteiger partial charge in [0.1, 0.15) is 0 Å². The molecule has 1 heterocycles. The van der Waals surface area contributed by atoms with Crippen molar-refractivity contribution in [3.8, 4) is 0 Å². The van der Waals surface area contributed by atoms with Gasteiger partial charge in [0.05, 0.1) is 12.4 Å². The lowest BCUT2D eigenvalue weighted by Gasteiger charge is -2.20. The number of aliphatic imine (C=N–C) groups is 1. The Morgan fingerprint density at radius 3 is 2.87 bits per heavy atom. The van der Waals surface area contributed by atoms with Crippen LogP contribution >= 0.6 is 11.3 Å². The fourth-order valence-corrected chi connectivity index (χ4v) is 2.73. The number of nitrogens with zero attached hydrogens (tertiary/aromatic N) is 1. The Kier molecular flexibility index (Phi) is 3.78. The molecule has 0 bridgehead atoms. The number of thiophene rings is 1. The largest absolute Gasteiger partial charge is 0.387 e. The first-order chi connectivity index (χ1) is 7.36. The van der Waals surface area contributed by atoms with Crippen molar-refractivity contribution in [3.63, 3.8) is 0 Å². The summed E-state index contributed by atoms with van der Waals surface area (Å²) >= 11 is 1.75. The molecular formula is C12H18N2S. The number of rotatable bonds is 3. The van der Waals surface area contributed by atoms with E-state index in [9.17, 15) is 0 Å². The average Bonchev–Trinajstić information content (AvgIpc) is 2.80. The Morgan fingerprint density at radius 1 is 1.40 bits per heavy atom. The van der Waals surface area contributed by atoms with Crippen LogP contribution in [-0.2, 0) is 6.54 Å². The fourth-order valence-electron chi connectivity index (χ4n) is 2.10. The number of hydrogen-bond acceptors (Lipinski definition) is 2. The van der Waals surface area contributed by atoms with Gasteiger partial charge in [-0.15, -0.1) is 11.3 Å². The summed E-state index contributed by atoms with van der Waals surface area (Å²) in [4.78, 5) is 5.79. The van der Waals surface area contributed by atoms with Gasteiger partial charge in [0, 0.05) is 10.8 Å². The molecule has 0 saturated heterocycles. The molecule has 0 amide bonds. The van der Waals surface area contributed by atoms with Gasteiger partial charge in [-0.3, -0.25) is 4.99 Å². The Bertz CT molecular complexity index is 310. The highest BCUT2D eigenvalue weighted by atomic mass is 32.1. The predicted octanol–water partition coefficient (Wildman–Crippen LogP) is 3.19. The van der Waals surface area contributed by atoms with E-state index in [2.05, 4.69) is 22.5 Å². The summed E-state index contributed by atoms with van der Waals surface area (Å²) in [6, 6.07) is 4.18. The van der Waals surface area contributed by atoms with E-state index in [1.807, 2.05) is 0 Å². The minimum atomic E-state index is 0.554. The van der Waals surface area contributed by atoms with Gasteiger partial charge in [-0.25, -0.2) is 0 Å². The molecule has 0 radical (unpaired) electrons. The summed E-state index contributed by atoms with van der Waals surface area (Å²) in [6.45, 7) is 0.764. The zero-order valence-corrected chi connectivity index (χ0v) is 9.80. The molecule has 2 N–H and O–H groups in total. The Hall–Kier alpha value is -0.830. The highest BCUT2D eigenvalue weighted by Gasteiger charge is 2.16. The van der Waals surface area contributed by atoms with E-state index in [1.165, 1.54) is 37.0 Å². The average molecular weight is 222 g/mol. The first-order valence-corrected chi connectivity index (χ1v) is 6.56. The molecule has 15 heavy (non-hydrogen) atoms. The minimum Gasteiger partial charge on any atom is -0.387 e. The summed E-state index contributed by atoms with van der Waals surface area (Å²) in [5.41, 5.74) is 6.02. The lowest BCUT2D eigenvalue weighted by molar-refractivity contribution is 0.436. The van der Waals surface area contributed by atoms with E-state index in [0.29, 0.717) is 5.92 Å². The van der Waals surface area contributed by atoms with Crippen LogP contribution in [0.4, 0.5) is 0 Å². The van der Waals surface area contributed by atoms with Gasteiger partial charge in [-0.05, 0) is 24.3 Å². The lowest BCUT2D eigenvalue weighted by atomic mass is 9.88. The zero-order chi connectivity index (χ0) is 10.5. The molecule has 0 aromatic carbocycles. The fraction of sp³-hybridized carbons (Fsp3) is 0.583. The van der Waals surface area contributed by atoms with Gasteiger partial charge in [0.25, 0.3) is 0 Å². The molecule has 1 aliphatic rings. The van der Waals surface area contributed by atoms with Gasteiger partial charge in [-0.1, -0.05) is 25.3 Å². The van der Waals surface area contributed by atoms with E-state index < -0.39 is 0 Å². The molecule has 1 saturated carbocycles. The summed E-state index contributed by atoms with van der Waals surface area (Å²) in [5.74, 6) is 1.43. The first kappa shape index (κ1) is 10.7.